The Labute approximate surface area is 199 Å². The highest BCUT2D eigenvalue weighted by Gasteiger charge is 2.44. The van der Waals surface area contributed by atoms with E-state index in [9.17, 15) is 9.59 Å². The SMILES string of the molecule is COc1cc(OC)cc(N2C(=O)C(c3ccc(C)c(C)c3)=C(N3CCc4ccccc43)C2=O)c1. The van der Waals surface area contributed by atoms with Gasteiger partial charge in [-0.15, -0.1) is 0 Å². The molecule has 3 aromatic rings. The van der Waals surface area contributed by atoms with Crippen molar-refractivity contribution < 1.29 is 19.1 Å². The number of aryl methyl sites for hydroxylation is 2. The topological polar surface area (TPSA) is 59.1 Å². The van der Waals surface area contributed by atoms with E-state index in [2.05, 4.69) is 6.07 Å². The predicted octanol–water partition coefficient (Wildman–Crippen LogP) is 4.67. The molecule has 3 aromatic carbocycles. The van der Waals surface area contributed by atoms with Crippen LogP contribution in [0.4, 0.5) is 11.4 Å². The second-order valence-corrected chi connectivity index (χ2v) is 8.57. The molecule has 0 bridgehead atoms. The van der Waals surface area contributed by atoms with Gasteiger partial charge in [-0.05, 0) is 48.6 Å². The van der Waals surface area contributed by atoms with Crippen molar-refractivity contribution in [1.82, 2.24) is 0 Å². The quantitative estimate of drug-likeness (QED) is 0.525. The summed E-state index contributed by atoms with van der Waals surface area (Å²) in [7, 11) is 3.08. The van der Waals surface area contributed by atoms with E-state index < -0.39 is 0 Å². The molecule has 6 heteroatoms. The number of methoxy groups -OCH3 is 2. The molecule has 0 unspecified atom stereocenters. The maximum absolute atomic E-state index is 14.0. The van der Waals surface area contributed by atoms with Crippen molar-refractivity contribution in [2.75, 3.05) is 30.6 Å². The molecule has 0 aromatic heterocycles. The van der Waals surface area contributed by atoms with Gasteiger partial charge >= 0.3 is 0 Å². The van der Waals surface area contributed by atoms with E-state index in [0.29, 0.717) is 35.0 Å². The normalized spacial score (nSPS) is 15.3. The van der Waals surface area contributed by atoms with Crippen LogP contribution in [0, 0.1) is 13.8 Å². The van der Waals surface area contributed by atoms with Gasteiger partial charge in [0, 0.05) is 30.4 Å². The van der Waals surface area contributed by atoms with E-state index >= 15 is 0 Å². The molecule has 0 N–H and O–H groups in total. The summed E-state index contributed by atoms with van der Waals surface area (Å²) in [6, 6.07) is 19.0. The molecule has 0 radical (unpaired) electrons. The van der Waals surface area contributed by atoms with E-state index in [4.69, 9.17) is 9.47 Å². The summed E-state index contributed by atoms with van der Waals surface area (Å²) in [5.41, 5.74) is 6.28. The number of imide groups is 1. The van der Waals surface area contributed by atoms with Crippen molar-refractivity contribution in [1.29, 1.82) is 0 Å². The number of hydrogen-bond acceptors (Lipinski definition) is 5. The molecule has 0 saturated heterocycles. The number of fused-ring (bicyclic) bond motifs is 1. The Morgan fingerprint density at radius 1 is 0.794 bits per heavy atom. The monoisotopic (exact) mass is 454 g/mol. The molecule has 2 amide bonds. The Morgan fingerprint density at radius 2 is 1.50 bits per heavy atom. The molecule has 34 heavy (non-hydrogen) atoms. The van der Waals surface area contributed by atoms with Crippen LogP contribution in [-0.4, -0.2) is 32.6 Å². The number of carbonyl (C=O) groups is 2. The summed E-state index contributed by atoms with van der Waals surface area (Å²) in [6.07, 6.45) is 0.814. The molecule has 5 rings (SSSR count). The Kier molecular flexibility index (Phi) is 5.36. The zero-order valence-electron chi connectivity index (χ0n) is 19.7. The third-order valence-corrected chi connectivity index (χ3v) is 6.61. The maximum Gasteiger partial charge on any atom is 0.282 e. The Morgan fingerprint density at radius 3 is 2.18 bits per heavy atom. The lowest BCUT2D eigenvalue weighted by Crippen LogP contribution is -2.34. The van der Waals surface area contributed by atoms with Gasteiger partial charge in [0.1, 0.15) is 17.2 Å². The highest BCUT2D eigenvalue weighted by atomic mass is 16.5. The average molecular weight is 455 g/mol. The summed E-state index contributed by atoms with van der Waals surface area (Å²) in [5.74, 6) is 0.290. The summed E-state index contributed by atoms with van der Waals surface area (Å²) in [4.78, 5) is 31.1. The first-order valence-electron chi connectivity index (χ1n) is 11.2. The zero-order chi connectivity index (χ0) is 24.0. The van der Waals surface area contributed by atoms with E-state index in [1.54, 1.807) is 18.2 Å². The van der Waals surface area contributed by atoms with Crippen LogP contribution in [-0.2, 0) is 16.0 Å². The zero-order valence-corrected chi connectivity index (χ0v) is 19.7. The molecule has 0 spiro atoms. The summed E-state index contributed by atoms with van der Waals surface area (Å²) < 4.78 is 10.8. The Hall–Kier alpha value is -4.06. The summed E-state index contributed by atoms with van der Waals surface area (Å²) in [5, 5.41) is 0. The first kappa shape index (κ1) is 21.8. The number of hydrogen-bond donors (Lipinski definition) is 0. The minimum Gasteiger partial charge on any atom is -0.497 e. The molecular weight excluding hydrogens is 428 g/mol. The van der Waals surface area contributed by atoms with E-state index in [-0.39, 0.29) is 11.8 Å². The van der Waals surface area contributed by atoms with E-state index in [0.717, 1.165) is 34.4 Å². The molecule has 2 aliphatic rings. The minimum atomic E-state index is -0.358. The van der Waals surface area contributed by atoms with Gasteiger partial charge in [-0.3, -0.25) is 9.59 Å². The second-order valence-electron chi connectivity index (χ2n) is 8.57. The van der Waals surface area contributed by atoms with Crippen molar-refractivity contribution in [3.63, 3.8) is 0 Å². The number of rotatable bonds is 5. The van der Waals surface area contributed by atoms with Gasteiger partial charge in [0.05, 0.1) is 25.5 Å². The van der Waals surface area contributed by atoms with Crippen molar-refractivity contribution in [2.45, 2.75) is 20.3 Å². The molecular formula is C28H26N2O4. The molecule has 6 nitrogen and oxygen atoms in total. The van der Waals surface area contributed by atoms with Crippen molar-refractivity contribution in [3.05, 3.63) is 88.6 Å². The smallest absolute Gasteiger partial charge is 0.282 e. The average Bonchev–Trinajstić information content (AvgIpc) is 3.38. The van der Waals surface area contributed by atoms with E-state index in [1.165, 1.54) is 19.1 Å². The Balaban J connectivity index is 1.70. The highest BCUT2D eigenvalue weighted by molar-refractivity contribution is 6.46. The first-order chi connectivity index (χ1) is 16.4. The van der Waals surface area contributed by atoms with Gasteiger partial charge in [0.2, 0.25) is 0 Å². The predicted molar refractivity (Wildman–Crippen MR) is 132 cm³/mol. The van der Waals surface area contributed by atoms with Crippen LogP contribution in [0.3, 0.4) is 0 Å². The van der Waals surface area contributed by atoms with Crippen LogP contribution in [0.5, 0.6) is 11.5 Å². The van der Waals surface area contributed by atoms with Gasteiger partial charge in [-0.2, -0.15) is 0 Å². The molecule has 0 atom stereocenters. The number of carbonyl (C=O) groups excluding carboxylic acids is 2. The van der Waals surface area contributed by atoms with Gasteiger partial charge in [-0.25, -0.2) is 4.90 Å². The van der Waals surface area contributed by atoms with Crippen LogP contribution in [0.25, 0.3) is 5.57 Å². The molecule has 0 aliphatic carbocycles. The van der Waals surface area contributed by atoms with Gasteiger partial charge < -0.3 is 14.4 Å². The standard InChI is InChI=1S/C28H26N2O4/c1-17-9-10-20(13-18(17)2)25-26(29-12-11-19-7-5-6-8-24(19)29)28(32)30(27(25)31)21-14-22(33-3)16-23(15-21)34-4/h5-10,13-16H,11-12H2,1-4H3. The van der Waals surface area contributed by atoms with E-state index in [1.807, 2.05) is 55.1 Å². The molecule has 0 saturated carbocycles. The highest BCUT2D eigenvalue weighted by Crippen LogP contribution is 2.41. The molecule has 172 valence electrons. The lowest BCUT2D eigenvalue weighted by atomic mass is 9.99. The summed E-state index contributed by atoms with van der Waals surface area (Å²) in [6.45, 7) is 4.68. The number of benzene rings is 3. The van der Waals surface area contributed by atoms with Gasteiger partial charge in [0.25, 0.3) is 11.8 Å². The largest absolute Gasteiger partial charge is 0.497 e. The van der Waals surface area contributed by atoms with Crippen LogP contribution in [0.2, 0.25) is 0 Å². The maximum atomic E-state index is 14.0. The summed E-state index contributed by atoms with van der Waals surface area (Å²) >= 11 is 0. The van der Waals surface area contributed by atoms with Crippen molar-refractivity contribution in [2.24, 2.45) is 0 Å². The third kappa shape index (κ3) is 3.43. The van der Waals surface area contributed by atoms with Gasteiger partial charge in [0.15, 0.2) is 0 Å². The minimum absolute atomic E-state index is 0.356. The van der Waals surface area contributed by atoms with Crippen LogP contribution >= 0.6 is 0 Å². The number of ether oxygens (including phenoxy) is 2. The van der Waals surface area contributed by atoms with Crippen molar-refractivity contribution >= 4 is 28.8 Å². The Bertz CT molecular complexity index is 1340. The van der Waals surface area contributed by atoms with Gasteiger partial charge in [-0.1, -0.05) is 36.4 Å². The van der Waals surface area contributed by atoms with Crippen LogP contribution < -0.4 is 19.3 Å². The molecule has 0 fully saturated rings. The second kappa shape index (κ2) is 8.37. The fraction of sp³-hybridized carbons (Fsp3) is 0.214. The van der Waals surface area contributed by atoms with Crippen LogP contribution in [0.1, 0.15) is 22.3 Å². The number of nitrogens with zero attached hydrogens (tertiary/aromatic N) is 2. The fourth-order valence-electron chi connectivity index (χ4n) is 4.65. The lowest BCUT2D eigenvalue weighted by Gasteiger charge is -2.22. The number of para-hydroxylation sites is 1. The molecule has 2 heterocycles. The van der Waals surface area contributed by atoms with Crippen molar-refractivity contribution in [3.8, 4) is 11.5 Å². The third-order valence-electron chi connectivity index (χ3n) is 6.61. The first-order valence-corrected chi connectivity index (χ1v) is 11.2. The molecule has 2 aliphatic heterocycles. The lowest BCUT2D eigenvalue weighted by molar-refractivity contribution is -0.120. The number of amides is 2. The number of anilines is 2. The fourth-order valence-corrected chi connectivity index (χ4v) is 4.65. The van der Waals surface area contributed by atoms with Crippen LogP contribution in [0.15, 0.2) is 66.4 Å².